The number of piperazine rings is 1. The van der Waals surface area contributed by atoms with Crippen LogP contribution in [0.25, 0.3) is 0 Å². The van der Waals surface area contributed by atoms with E-state index < -0.39 is 5.41 Å². The Kier molecular flexibility index (Phi) is 4.23. The van der Waals surface area contributed by atoms with Crippen LogP contribution in [-0.2, 0) is 10.2 Å². The van der Waals surface area contributed by atoms with Crippen LogP contribution >= 0.6 is 0 Å². The zero-order valence-electron chi connectivity index (χ0n) is 14.5. The fourth-order valence-corrected chi connectivity index (χ4v) is 3.70. The maximum atomic E-state index is 13.2. The molecular weight excluding hydrogens is 331 g/mol. The number of rotatable bonds is 3. The lowest BCUT2D eigenvalue weighted by Gasteiger charge is -2.36. The first-order valence-corrected chi connectivity index (χ1v) is 9.00. The molecule has 26 heavy (non-hydrogen) atoms. The maximum absolute atomic E-state index is 13.2. The Morgan fingerprint density at radius 3 is 1.96 bits per heavy atom. The number of nitrogens with zero attached hydrogens (tertiary/aromatic N) is 2. The Morgan fingerprint density at radius 2 is 1.38 bits per heavy atom. The summed E-state index contributed by atoms with van der Waals surface area (Å²) in [6.45, 7) is 2.17. The predicted octanol–water partition coefficient (Wildman–Crippen LogP) is 2.84. The number of halogens is 1. The lowest BCUT2D eigenvalue weighted by molar-refractivity contribution is -0.135. The predicted molar refractivity (Wildman–Crippen MR) is 96.2 cm³/mol. The molecule has 2 amide bonds. The fourth-order valence-electron chi connectivity index (χ4n) is 3.70. The lowest BCUT2D eigenvalue weighted by atomic mass is 9.94. The highest BCUT2D eigenvalue weighted by atomic mass is 19.1. The molecule has 1 aliphatic carbocycles. The third-order valence-corrected chi connectivity index (χ3v) is 5.43. The number of hydrogen-bond donors (Lipinski definition) is 0. The second-order valence-electron chi connectivity index (χ2n) is 7.04. The number of carbonyl (C=O) groups excluding carboxylic acids is 2. The van der Waals surface area contributed by atoms with Gasteiger partial charge in [0.15, 0.2) is 0 Å². The molecule has 134 valence electrons. The Bertz CT molecular complexity index is 808. The molecule has 0 aromatic heterocycles. The molecule has 1 saturated heterocycles. The molecule has 0 spiro atoms. The summed E-state index contributed by atoms with van der Waals surface area (Å²) in [4.78, 5) is 29.2. The summed E-state index contributed by atoms with van der Waals surface area (Å²) in [5.74, 6) is -0.168. The molecule has 4 nitrogen and oxygen atoms in total. The minimum Gasteiger partial charge on any atom is -0.338 e. The van der Waals surface area contributed by atoms with Crippen molar-refractivity contribution in [2.75, 3.05) is 26.2 Å². The second kappa shape index (κ2) is 6.56. The minimum atomic E-state index is -0.487. The average Bonchev–Trinajstić information content (AvgIpc) is 3.50. The zero-order chi connectivity index (χ0) is 18.1. The summed E-state index contributed by atoms with van der Waals surface area (Å²) in [5, 5.41) is 0. The highest BCUT2D eigenvalue weighted by Crippen LogP contribution is 2.49. The Morgan fingerprint density at radius 1 is 0.808 bits per heavy atom. The van der Waals surface area contributed by atoms with E-state index in [0.717, 1.165) is 18.4 Å². The van der Waals surface area contributed by atoms with Gasteiger partial charge in [0.1, 0.15) is 5.82 Å². The third-order valence-electron chi connectivity index (χ3n) is 5.43. The van der Waals surface area contributed by atoms with E-state index in [-0.39, 0.29) is 17.6 Å². The van der Waals surface area contributed by atoms with Gasteiger partial charge in [0.25, 0.3) is 5.91 Å². The fraction of sp³-hybridized carbons (Fsp3) is 0.333. The van der Waals surface area contributed by atoms with Crippen LogP contribution in [0, 0.1) is 5.82 Å². The molecule has 1 saturated carbocycles. The molecule has 0 atom stereocenters. The zero-order valence-corrected chi connectivity index (χ0v) is 14.5. The molecular formula is C21H21FN2O2. The van der Waals surface area contributed by atoms with Gasteiger partial charge in [-0.3, -0.25) is 9.59 Å². The number of hydrogen-bond acceptors (Lipinski definition) is 2. The first-order chi connectivity index (χ1) is 12.6. The van der Waals surface area contributed by atoms with E-state index in [2.05, 4.69) is 0 Å². The monoisotopic (exact) mass is 352 g/mol. The van der Waals surface area contributed by atoms with Crippen molar-refractivity contribution in [2.45, 2.75) is 18.3 Å². The normalized spacial score (nSPS) is 18.5. The molecule has 2 aromatic carbocycles. The van der Waals surface area contributed by atoms with E-state index in [9.17, 15) is 14.0 Å². The van der Waals surface area contributed by atoms with Gasteiger partial charge < -0.3 is 9.80 Å². The molecule has 1 heterocycles. The molecule has 0 unspecified atom stereocenters. The Hall–Kier alpha value is -2.69. The van der Waals surface area contributed by atoms with Gasteiger partial charge in [0.2, 0.25) is 5.91 Å². The van der Waals surface area contributed by atoms with Gasteiger partial charge in [-0.05, 0) is 42.7 Å². The minimum absolute atomic E-state index is 0.0115. The van der Waals surface area contributed by atoms with Crippen molar-refractivity contribution in [1.82, 2.24) is 9.80 Å². The highest BCUT2D eigenvalue weighted by molar-refractivity contribution is 5.95. The Balaban J connectivity index is 1.41. The van der Waals surface area contributed by atoms with Crippen LogP contribution in [0.4, 0.5) is 4.39 Å². The smallest absolute Gasteiger partial charge is 0.253 e. The van der Waals surface area contributed by atoms with Gasteiger partial charge >= 0.3 is 0 Å². The number of benzene rings is 2. The lowest BCUT2D eigenvalue weighted by Crippen LogP contribution is -2.53. The van der Waals surface area contributed by atoms with E-state index in [1.165, 1.54) is 12.1 Å². The molecule has 2 aromatic rings. The van der Waals surface area contributed by atoms with Crippen LogP contribution < -0.4 is 0 Å². The molecule has 5 heteroatoms. The number of amides is 2. The summed E-state index contributed by atoms with van der Waals surface area (Å²) < 4.78 is 13.2. The van der Waals surface area contributed by atoms with E-state index in [0.29, 0.717) is 31.7 Å². The quantitative estimate of drug-likeness (QED) is 0.852. The van der Waals surface area contributed by atoms with Crippen LogP contribution in [0.3, 0.4) is 0 Å². The maximum Gasteiger partial charge on any atom is 0.253 e. The van der Waals surface area contributed by atoms with Crippen molar-refractivity contribution in [2.24, 2.45) is 0 Å². The molecule has 1 aliphatic heterocycles. The van der Waals surface area contributed by atoms with Crippen molar-refractivity contribution in [3.8, 4) is 0 Å². The molecule has 4 rings (SSSR count). The summed E-state index contributed by atoms with van der Waals surface area (Å²) in [6, 6.07) is 15.5. The highest BCUT2D eigenvalue weighted by Gasteiger charge is 2.53. The standard InChI is InChI=1S/C21H21FN2O2/c22-18-8-6-17(7-9-18)21(10-11-21)20(26)24-14-12-23(13-15-24)19(25)16-4-2-1-3-5-16/h1-9H,10-15H2. The molecule has 0 N–H and O–H groups in total. The SMILES string of the molecule is O=C(c1ccccc1)N1CCN(C(=O)C2(c3ccc(F)cc3)CC2)CC1. The van der Waals surface area contributed by atoms with Gasteiger partial charge in [-0.25, -0.2) is 4.39 Å². The van der Waals surface area contributed by atoms with Crippen molar-refractivity contribution in [1.29, 1.82) is 0 Å². The van der Waals surface area contributed by atoms with E-state index >= 15 is 0 Å². The van der Waals surface area contributed by atoms with Crippen molar-refractivity contribution in [3.63, 3.8) is 0 Å². The van der Waals surface area contributed by atoms with Gasteiger partial charge in [0.05, 0.1) is 5.41 Å². The topological polar surface area (TPSA) is 40.6 Å². The van der Waals surface area contributed by atoms with Gasteiger partial charge in [-0.2, -0.15) is 0 Å². The second-order valence-corrected chi connectivity index (χ2v) is 7.04. The van der Waals surface area contributed by atoms with Crippen molar-refractivity contribution < 1.29 is 14.0 Å². The molecule has 2 aliphatic rings. The van der Waals surface area contributed by atoms with Crippen LogP contribution in [0.15, 0.2) is 54.6 Å². The third kappa shape index (κ3) is 2.98. The van der Waals surface area contributed by atoms with Crippen LogP contribution in [0.2, 0.25) is 0 Å². The summed E-state index contributed by atoms with van der Waals surface area (Å²) in [5.41, 5.74) is 1.09. The summed E-state index contributed by atoms with van der Waals surface area (Å²) in [7, 11) is 0. The summed E-state index contributed by atoms with van der Waals surface area (Å²) >= 11 is 0. The van der Waals surface area contributed by atoms with E-state index in [1.54, 1.807) is 17.0 Å². The number of carbonyl (C=O) groups is 2. The van der Waals surface area contributed by atoms with E-state index in [4.69, 9.17) is 0 Å². The first-order valence-electron chi connectivity index (χ1n) is 9.00. The van der Waals surface area contributed by atoms with E-state index in [1.807, 2.05) is 35.2 Å². The first kappa shape index (κ1) is 16.8. The van der Waals surface area contributed by atoms with Crippen LogP contribution in [0.5, 0.6) is 0 Å². The molecule has 2 fully saturated rings. The summed E-state index contributed by atoms with van der Waals surface area (Å²) in [6.07, 6.45) is 1.61. The van der Waals surface area contributed by atoms with Gasteiger partial charge in [-0.1, -0.05) is 30.3 Å². The van der Waals surface area contributed by atoms with Gasteiger partial charge in [-0.15, -0.1) is 0 Å². The molecule has 0 radical (unpaired) electrons. The van der Waals surface area contributed by atoms with Crippen LogP contribution in [-0.4, -0.2) is 47.8 Å². The van der Waals surface area contributed by atoms with Gasteiger partial charge in [0, 0.05) is 31.7 Å². The molecule has 0 bridgehead atoms. The van der Waals surface area contributed by atoms with Crippen LogP contribution in [0.1, 0.15) is 28.8 Å². The largest absolute Gasteiger partial charge is 0.338 e. The Labute approximate surface area is 152 Å². The van der Waals surface area contributed by atoms with Crippen molar-refractivity contribution >= 4 is 11.8 Å². The van der Waals surface area contributed by atoms with Crippen molar-refractivity contribution in [3.05, 3.63) is 71.5 Å². The average molecular weight is 352 g/mol.